The standard InChI is InChI=1S/C15H21BrN2OS.ClH/c1-11(20-14-5-3-12(16)4-6-14)15(19)18-9-7-13(17-2)8-10-18;/h3-6,11,13,17H,7-10H2,1-2H3;1H. The monoisotopic (exact) mass is 392 g/mol. The molecule has 2 rings (SSSR count). The molecular weight excluding hydrogens is 372 g/mol. The van der Waals surface area contributed by atoms with Crippen LogP contribution in [-0.2, 0) is 4.79 Å². The summed E-state index contributed by atoms with van der Waals surface area (Å²) >= 11 is 5.06. The molecule has 1 aliphatic rings. The lowest BCUT2D eigenvalue weighted by Gasteiger charge is -2.33. The van der Waals surface area contributed by atoms with E-state index in [1.165, 1.54) is 0 Å². The molecule has 0 aliphatic carbocycles. The van der Waals surface area contributed by atoms with E-state index in [0.717, 1.165) is 35.3 Å². The largest absolute Gasteiger partial charge is 0.342 e. The third kappa shape index (κ3) is 5.47. The number of rotatable bonds is 4. The van der Waals surface area contributed by atoms with Crippen molar-refractivity contribution in [1.82, 2.24) is 10.2 Å². The molecule has 0 spiro atoms. The Kier molecular flexibility index (Phi) is 8.09. The van der Waals surface area contributed by atoms with Gasteiger partial charge in [-0.25, -0.2) is 0 Å². The third-order valence-corrected chi connectivity index (χ3v) is 5.32. The van der Waals surface area contributed by atoms with E-state index in [2.05, 4.69) is 21.2 Å². The maximum atomic E-state index is 12.4. The van der Waals surface area contributed by atoms with Gasteiger partial charge in [0.25, 0.3) is 0 Å². The van der Waals surface area contributed by atoms with Crippen LogP contribution in [0.15, 0.2) is 33.6 Å². The highest BCUT2D eigenvalue weighted by Crippen LogP contribution is 2.26. The molecule has 1 aliphatic heterocycles. The maximum absolute atomic E-state index is 12.4. The van der Waals surface area contributed by atoms with Crippen LogP contribution in [-0.4, -0.2) is 42.2 Å². The highest BCUT2D eigenvalue weighted by atomic mass is 79.9. The summed E-state index contributed by atoms with van der Waals surface area (Å²) in [7, 11) is 1.99. The van der Waals surface area contributed by atoms with Gasteiger partial charge in [0.15, 0.2) is 0 Å². The average Bonchev–Trinajstić information content (AvgIpc) is 2.49. The van der Waals surface area contributed by atoms with E-state index in [1.807, 2.05) is 43.1 Å². The molecule has 0 bridgehead atoms. The summed E-state index contributed by atoms with van der Waals surface area (Å²) in [6.45, 7) is 3.74. The van der Waals surface area contributed by atoms with Gasteiger partial charge in [-0.1, -0.05) is 15.9 Å². The highest BCUT2D eigenvalue weighted by Gasteiger charge is 2.25. The number of hydrogen-bond acceptors (Lipinski definition) is 3. The molecule has 1 amide bonds. The van der Waals surface area contributed by atoms with Crippen molar-refractivity contribution in [1.29, 1.82) is 0 Å². The number of nitrogens with zero attached hydrogens (tertiary/aromatic N) is 1. The second kappa shape index (κ2) is 9.03. The van der Waals surface area contributed by atoms with Gasteiger partial charge >= 0.3 is 0 Å². The zero-order chi connectivity index (χ0) is 14.5. The first kappa shape index (κ1) is 18.8. The van der Waals surface area contributed by atoms with Crippen molar-refractivity contribution in [3.05, 3.63) is 28.7 Å². The number of carbonyl (C=O) groups excluding carboxylic acids is 1. The summed E-state index contributed by atoms with van der Waals surface area (Å²) < 4.78 is 1.06. The number of piperidine rings is 1. The molecule has 6 heteroatoms. The SMILES string of the molecule is CNC1CCN(C(=O)C(C)Sc2ccc(Br)cc2)CC1.Cl. The van der Waals surface area contributed by atoms with Crippen molar-refractivity contribution in [3.63, 3.8) is 0 Å². The van der Waals surface area contributed by atoms with E-state index in [4.69, 9.17) is 0 Å². The Hall–Kier alpha value is -0.230. The molecule has 1 atom stereocenters. The molecule has 118 valence electrons. The van der Waals surface area contributed by atoms with Gasteiger partial charge in [-0.15, -0.1) is 24.2 Å². The van der Waals surface area contributed by atoms with Gasteiger partial charge in [0.05, 0.1) is 5.25 Å². The first-order chi connectivity index (χ1) is 9.60. The predicted molar refractivity (Wildman–Crippen MR) is 95.4 cm³/mol. The van der Waals surface area contributed by atoms with Crippen LogP contribution >= 0.6 is 40.1 Å². The van der Waals surface area contributed by atoms with Crippen molar-refractivity contribution < 1.29 is 4.79 Å². The lowest BCUT2D eigenvalue weighted by Crippen LogP contribution is -2.46. The van der Waals surface area contributed by atoms with E-state index in [-0.39, 0.29) is 23.6 Å². The summed E-state index contributed by atoms with van der Waals surface area (Å²) in [5.74, 6) is 0.257. The van der Waals surface area contributed by atoms with Crippen LogP contribution < -0.4 is 5.32 Å². The average molecular weight is 394 g/mol. The zero-order valence-corrected chi connectivity index (χ0v) is 15.6. The third-order valence-electron chi connectivity index (χ3n) is 3.69. The summed E-state index contributed by atoms with van der Waals surface area (Å²) in [4.78, 5) is 15.6. The Morgan fingerprint density at radius 3 is 2.43 bits per heavy atom. The van der Waals surface area contributed by atoms with Crippen molar-refractivity contribution in [2.24, 2.45) is 0 Å². The number of nitrogens with one attached hydrogen (secondary N) is 1. The zero-order valence-electron chi connectivity index (χ0n) is 12.3. The Balaban J connectivity index is 0.00000220. The van der Waals surface area contributed by atoms with Gasteiger partial charge in [-0.3, -0.25) is 4.79 Å². The van der Waals surface area contributed by atoms with E-state index >= 15 is 0 Å². The normalized spacial score (nSPS) is 17.2. The van der Waals surface area contributed by atoms with Gasteiger partial charge in [-0.2, -0.15) is 0 Å². The smallest absolute Gasteiger partial charge is 0.235 e. The molecule has 0 aromatic heterocycles. The molecule has 1 heterocycles. The van der Waals surface area contributed by atoms with Crippen LogP contribution in [0, 0.1) is 0 Å². The number of halogens is 2. The van der Waals surface area contributed by atoms with Gasteiger partial charge in [-0.05, 0) is 51.1 Å². The fourth-order valence-electron chi connectivity index (χ4n) is 2.41. The summed E-state index contributed by atoms with van der Waals surface area (Å²) in [5, 5.41) is 3.26. The predicted octanol–water partition coefficient (Wildman–Crippen LogP) is 3.56. The van der Waals surface area contributed by atoms with E-state index in [1.54, 1.807) is 11.8 Å². The topological polar surface area (TPSA) is 32.3 Å². The van der Waals surface area contributed by atoms with Gasteiger partial charge in [0.2, 0.25) is 5.91 Å². The Bertz CT molecular complexity index is 449. The molecule has 1 unspecified atom stereocenters. The second-order valence-electron chi connectivity index (χ2n) is 5.10. The number of likely N-dealkylation sites (tertiary alicyclic amines) is 1. The van der Waals surface area contributed by atoms with Gasteiger partial charge in [0, 0.05) is 28.5 Å². The number of benzene rings is 1. The maximum Gasteiger partial charge on any atom is 0.235 e. The van der Waals surface area contributed by atoms with E-state index in [9.17, 15) is 4.79 Å². The molecule has 0 saturated carbocycles. The van der Waals surface area contributed by atoms with Crippen molar-refractivity contribution in [2.45, 2.75) is 36.0 Å². The van der Waals surface area contributed by atoms with Gasteiger partial charge < -0.3 is 10.2 Å². The number of carbonyl (C=O) groups is 1. The van der Waals surface area contributed by atoms with Crippen molar-refractivity contribution >= 4 is 46.0 Å². The first-order valence-electron chi connectivity index (χ1n) is 6.98. The lowest BCUT2D eigenvalue weighted by molar-refractivity contribution is -0.131. The summed E-state index contributed by atoms with van der Waals surface area (Å²) in [6, 6.07) is 8.68. The highest BCUT2D eigenvalue weighted by molar-refractivity contribution is 9.10. The van der Waals surface area contributed by atoms with E-state index < -0.39 is 0 Å². The minimum Gasteiger partial charge on any atom is -0.342 e. The molecule has 1 saturated heterocycles. The van der Waals surface area contributed by atoms with Gasteiger partial charge in [0.1, 0.15) is 0 Å². The number of amides is 1. The molecular formula is C15H22BrClN2OS. The molecule has 0 radical (unpaired) electrons. The molecule has 3 nitrogen and oxygen atoms in total. The van der Waals surface area contributed by atoms with Crippen molar-refractivity contribution in [3.8, 4) is 0 Å². The van der Waals surface area contributed by atoms with Crippen molar-refractivity contribution in [2.75, 3.05) is 20.1 Å². The molecule has 1 aromatic rings. The minimum absolute atomic E-state index is 0. The Morgan fingerprint density at radius 1 is 1.33 bits per heavy atom. The molecule has 1 aromatic carbocycles. The van der Waals surface area contributed by atoms with Crippen LogP contribution in [0.4, 0.5) is 0 Å². The summed E-state index contributed by atoms with van der Waals surface area (Å²) in [6.07, 6.45) is 2.11. The quantitative estimate of drug-likeness (QED) is 0.794. The number of hydrogen-bond donors (Lipinski definition) is 1. The Labute approximate surface area is 145 Å². The van der Waals surface area contributed by atoms with Crippen LogP contribution in [0.2, 0.25) is 0 Å². The molecule has 21 heavy (non-hydrogen) atoms. The lowest BCUT2D eigenvalue weighted by atomic mass is 10.1. The van der Waals surface area contributed by atoms with Crippen LogP contribution in [0.25, 0.3) is 0 Å². The van der Waals surface area contributed by atoms with Crippen LogP contribution in [0.3, 0.4) is 0 Å². The fraction of sp³-hybridized carbons (Fsp3) is 0.533. The molecule has 1 fully saturated rings. The number of thioether (sulfide) groups is 1. The van der Waals surface area contributed by atoms with Crippen LogP contribution in [0.5, 0.6) is 0 Å². The fourth-order valence-corrected chi connectivity index (χ4v) is 3.63. The second-order valence-corrected chi connectivity index (χ2v) is 7.43. The minimum atomic E-state index is -0.0256. The molecule has 1 N–H and O–H groups in total. The van der Waals surface area contributed by atoms with Crippen LogP contribution in [0.1, 0.15) is 19.8 Å². The van der Waals surface area contributed by atoms with E-state index in [0.29, 0.717) is 6.04 Å². The summed E-state index contributed by atoms with van der Waals surface area (Å²) in [5.41, 5.74) is 0. The first-order valence-corrected chi connectivity index (χ1v) is 8.65. The Morgan fingerprint density at radius 2 is 1.90 bits per heavy atom.